The highest BCUT2D eigenvalue weighted by atomic mass is 19.2. The van der Waals surface area contributed by atoms with E-state index in [1.54, 1.807) is 17.0 Å². The Labute approximate surface area is 194 Å². The van der Waals surface area contributed by atoms with Crippen molar-refractivity contribution in [2.75, 3.05) is 41.7 Å². The lowest BCUT2D eigenvalue weighted by Crippen LogP contribution is -2.35. The number of hydrogen-bond acceptors (Lipinski definition) is 4. The van der Waals surface area contributed by atoms with Crippen molar-refractivity contribution in [3.8, 4) is 0 Å². The highest BCUT2D eigenvalue weighted by molar-refractivity contribution is 5.99. The van der Waals surface area contributed by atoms with Crippen molar-refractivity contribution in [3.05, 3.63) is 83.8 Å². The molecule has 0 aliphatic carbocycles. The smallest absolute Gasteiger partial charge is 0.323 e. The lowest BCUT2D eigenvalue weighted by Gasteiger charge is -2.23. The molecule has 4 rings (SSSR count). The highest BCUT2D eigenvalue weighted by Crippen LogP contribution is 2.18. The van der Waals surface area contributed by atoms with Crippen molar-refractivity contribution in [2.45, 2.75) is 6.42 Å². The first-order chi connectivity index (χ1) is 16.4. The van der Waals surface area contributed by atoms with Crippen LogP contribution in [-0.2, 0) is 0 Å². The zero-order valence-corrected chi connectivity index (χ0v) is 18.1. The number of nitrogens with zero attached hydrogens (tertiary/aromatic N) is 3. The maximum atomic E-state index is 13.3. The monoisotopic (exact) mass is 469 g/mol. The van der Waals surface area contributed by atoms with Crippen LogP contribution >= 0.6 is 0 Å². The summed E-state index contributed by atoms with van der Waals surface area (Å²) in [6.45, 7) is 2.35. The van der Waals surface area contributed by atoms with Gasteiger partial charge in [0.2, 0.25) is 0 Å². The highest BCUT2D eigenvalue weighted by Gasteiger charge is 2.21. The fraction of sp³-hybridized carbons (Fsp3) is 0.208. The van der Waals surface area contributed by atoms with Crippen molar-refractivity contribution >= 4 is 29.1 Å². The minimum absolute atomic E-state index is 0.116. The summed E-state index contributed by atoms with van der Waals surface area (Å²) in [6.07, 6.45) is 2.23. The van der Waals surface area contributed by atoms with E-state index in [0.29, 0.717) is 43.2 Å². The average Bonchev–Trinajstić information content (AvgIpc) is 3.08. The van der Waals surface area contributed by atoms with Gasteiger partial charge in [0.1, 0.15) is 11.6 Å². The molecule has 0 saturated carbocycles. The van der Waals surface area contributed by atoms with E-state index in [-0.39, 0.29) is 17.4 Å². The number of halogens is 3. The lowest BCUT2D eigenvalue weighted by atomic mass is 10.2. The van der Waals surface area contributed by atoms with E-state index in [0.717, 1.165) is 18.6 Å². The summed E-state index contributed by atoms with van der Waals surface area (Å²) < 4.78 is 39.4. The van der Waals surface area contributed by atoms with Crippen LogP contribution in [0.1, 0.15) is 16.8 Å². The summed E-state index contributed by atoms with van der Waals surface area (Å²) in [6, 6.07) is 11.4. The zero-order chi connectivity index (χ0) is 24.1. The molecule has 1 aliphatic heterocycles. The Balaban J connectivity index is 1.32. The standard InChI is InChI=1S/C24H22F3N5O2/c25-17-4-2-16(3-5-17)23(33)32-11-1-10-31(12-13-32)22-9-7-19(15-28-22)30-24(34)29-18-6-8-20(26)21(27)14-18/h2-9,14-15H,1,10-13H2,(H2,29,30,34). The number of pyridine rings is 1. The predicted octanol–water partition coefficient (Wildman–Crippen LogP) is 4.50. The van der Waals surface area contributed by atoms with Gasteiger partial charge in [-0.25, -0.2) is 22.9 Å². The Morgan fingerprint density at radius 1 is 0.794 bits per heavy atom. The number of nitrogens with one attached hydrogen (secondary N) is 2. The van der Waals surface area contributed by atoms with E-state index in [1.807, 2.05) is 4.90 Å². The van der Waals surface area contributed by atoms with E-state index in [9.17, 15) is 22.8 Å². The molecule has 2 aromatic carbocycles. The van der Waals surface area contributed by atoms with Gasteiger partial charge in [-0.05, 0) is 55.0 Å². The molecule has 0 radical (unpaired) electrons. The summed E-state index contributed by atoms with van der Waals surface area (Å²) >= 11 is 0. The van der Waals surface area contributed by atoms with Crippen LogP contribution in [0.4, 0.5) is 35.2 Å². The molecular formula is C24H22F3N5O2. The van der Waals surface area contributed by atoms with Crippen molar-refractivity contribution in [2.24, 2.45) is 0 Å². The molecular weight excluding hydrogens is 447 g/mol. The van der Waals surface area contributed by atoms with Gasteiger partial charge in [-0.2, -0.15) is 0 Å². The Bertz CT molecular complexity index is 1170. The van der Waals surface area contributed by atoms with Gasteiger partial charge in [0.15, 0.2) is 11.6 Å². The molecule has 3 amide bonds. The van der Waals surface area contributed by atoms with E-state index in [2.05, 4.69) is 15.6 Å². The predicted molar refractivity (Wildman–Crippen MR) is 122 cm³/mol. The van der Waals surface area contributed by atoms with Gasteiger partial charge in [0.25, 0.3) is 5.91 Å². The first kappa shape index (κ1) is 23.1. The number of benzene rings is 2. The number of aromatic nitrogens is 1. The molecule has 7 nitrogen and oxygen atoms in total. The second-order valence-electron chi connectivity index (χ2n) is 7.75. The number of anilines is 3. The molecule has 2 heterocycles. The molecule has 2 N–H and O–H groups in total. The second-order valence-corrected chi connectivity index (χ2v) is 7.75. The largest absolute Gasteiger partial charge is 0.355 e. The zero-order valence-electron chi connectivity index (χ0n) is 18.1. The van der Waals surface area contributed by atoms with Crippen molar-refractivity contribution in [1.29, 1.82) is 0 Å². The summed E-state index contributed by atoms with van der Waals surface area (Å²) in [5.41, 5.74) is 0.988. The second kappa shape index (κ2) is 10.2. The fourth-order valence-electron chi connectivity index (χ4n) is 3.64. The fourth-order valence-corrected chi connectivity index (χ4v) is 3.64. The molecule has 0 spiro atoms. The number of carbonyl (C=O) groups is 2. The summed E-state index contributed by atoms with van der Waals surface area (Å²) in [5.74, 6) is -1.88. The summed E-state index contributed by atoms with van der Waals surface area (Å²) in [7, 11) is 0. The van der Waals surface area contributed by atoms with E-state index in [4.69, 9.17) is 0 Å². The lowest BCUT2D eigenvalue weighted by molar-refractivity contribution is 0.0767. The first-order valence-corrected chi connectivity index (χ1v) is 10.7. The summed E-state index contributed by atoms with van der Waals surface area (Å²) in [5, 5.41) is 5.01. The van der Waals surface area contributed by atoms with Crippen LogP contribution in [0.15, 0.2) is 60.8 Å². The number of hydrogen-bond donors (Lipinski definition) is 2. The van der Waals surface area contributed by atoms with Crippen LogP contribution < -0.4 is 15.5 Å². The normalized spacial score (nSPS) is 13.9. The third-order valence-electron chi connectivity index (χ3n) is 5.38. The molecule has 0 unspecified atom stereocenters. The van der Waals surface area contributed by atoms with Crippen LogP contribution in [0.25, 0.3) is 0 Å². The van der Waals surface area contributed by atoms with Crippen molar-refractivity contribution in [1.82, 2.24) is 9.88 Å². The van der Waals surface area contributed by atoms with E-state index >= 15 is 0 Å². The molecule has 1 aromatic heterocycles. The van der Waals surface area contributed by atoms with Crippen LogP contribution in [0.2, 0.25) is 0 Å². The molecule has 34 heavy (non-hydrogen) atoms. The quantitative estimate of drug-likeness (QED) is 0.590. The van der Waals surface area contributed by atoms with Crippen molar-refractivity contribution in [3.63, 3.8) is 0 Å². The SMILES string of the molecule is O=C(Nc1ccc(N2CCCN(C(=O)c3ccc(F)cc3)CC2)nc1)Nc1ccc(F)c(F)c1. The Hall–Kier alpha value is -4.08. The Kier molecular flexibility index (Phi) is 6.95. The molecule has 1 aliphatic rings. The van der Waals surface area contributed by atoms with Gasteiger partial charge in [-0.3, -0.25) is 4.79 Å². The number of amides is 3. The van der Waals surface area contributed by atoms with Gasteiger partial charge in [0.05, 0.1) is 11.9 Å². The summed E-state index contributed by atoms with van der Waals surface area (Å²) in [4.78, 5) is 33.0. The third-order valence-corrected chi connectivity index (χ3v) is 5.38. The third kappa shape index (κ3) is 5.64. The minimum atomic E-state index is -1.06. The van der Waals surface area contributed by atoms with Gasteiger partial charge in [0, 0.05) is 43.5 Å². The van der Waals surface area contributed by atoms with Gasteiger partial charge < -0.3 is 20.4 Å². The van der Waals surface area contributed by atoms with Crippen LogP contribution in [-0.4, -0.2) is 48.0 Å². The van der Waals surface area contributed by atoms with Crippen LogP contribution in [0.3, 0.4) is 0 Å². The van der Waals surface area contributed by atoms with Crippen LogP contribution in [0.5, 0.6) is 0 Å². The Morgan fingerprint density at radius 3 is 2.24 bits per heavy atom. The van der Waals surface area contributed by atoms with Gasteiger partial charge in [-0.15, -0.1) is 0 Å². The molecule has 10 heteroatoms. The van der Waals surface area contributed by atoms with Crippen molar-refractivity contribution < 1.29 is 22.8 Å². The number of urea groups is 1. The van der Waals surface area contributed by atoms with E-state index in [1.165, 1.54) is 36.5 Å². The van der Waals surface area contributed by atoms with Crippen LogP contribution in [0, 0.1) is 17.5 Å². The molecule has 0 atom stereocenters. The first-order valence-electron chi connectivity index (χ1n) is 10.7. The minimum Gasteiger partial charge on any atom is -0.355 e. The molecule has 1 fully saturated rings. The molecule has 3 aromatic rings. The van der Waals surface area contributed by atoms with Gasteiger partial charge in [-0.1, -0.05) is 0 Å². The molecule has 176 valence electrons. The number of carbonyl (C=O) groups excluding carboxylic acids is 2. The molecule has 0 bridgehead atoms. The number of rotatable bonds is 4. The topological polar surface area (TPSA) is 77.6 Å². The maximum Gasteiger partial charge on any atom is 0.323 e. The van der Waals surface area contributed by atoms with Gasteiger partial charge >= 0.3 is 6.03 Å². The Morgan fingerprint density at radius 2 is 1.53 bits per heavy atom. The average molecular weight is 469 g/mol. The maximum absolute atomic E-state index is 13.3. The molecule has 1 saturated heterocycles. The van der Waals surface area contributed by atoms with E-state index < -0.39 is 17.7 Å².